The second-order valence-electron chi connectivity index (χ2n) is 7.10. The van der Waals surface area contributed by atoms with Crippen molar-refractivity contribution in [1.82, 2.24) is 9.80 Å². The first kappa shape index (κ1) is 16.1. The Morgan fingerprint density at radius 1 is 1.48 bits per heavy atom. The minimum Gasteiger partial charge on any atom is -0.467 e. The van der Waals surface area contributed by atoms with Crippen LogP contribution < -0.4 is 0 Å². The third kappa shape index (κ3) is 3.27. The summed E-state index contributed by atoms with van der Waals surface area (Å²) < 4.78 is 5.28. The summed E-state index contributed by atoms with van der Waals surface area (Å²) in [5.74, 6) is 0.381. The molecule has 2 unspecified atom stereocenters. The molecule has 2 aliphatic rings. The van der Waals surface area contributed by atoms with E-state index in [1.807, 2.05) is 6.07 Å². The monoisotopic (exact) mass is 320 g/mol. The number of hydrogen-bond donors (Lipinski definition) is 1. The van der Waals surface area contributed by atoms with Gasteiger partial charge < -0.3 is 19.3 Å². The maximum absolute atomic E-state index is 12.8. The normalized spacial score (nSPS) is 25.4. The number of carbonyl (C=O) groups is 2. The van der Waals surface area contributed by atoms with Crippen molar-refractivity contribution in [3.63, 3.8) is 0 Å². The van der Waals surface area contributed by atoms with E-state index < -0.39 is 5.60 Å². The van der Waals surface area contributed by atoms with Gasteiger partial charge in [0, 0.05) is 19.5 Å². The van der Waals surface area contributed by atoms with Crippen molar-refractivity contribution >= 4 is 11.8 Å². The molecule has 3 rings (SSSR count). The average molecular weight is 320 g/mol. The van der Waals surface area contributed by atoms with Gasteiger partial charge in [0.25, 0.3) is 0 Å². The Balaban J connectivity index is 1.65. The van der Waals surface area contributed by atoms with E-state index in [0.717, 1.165) is 18.6 Å². The molecule has 0 aliphatic carbocycles. The van der Waals surface area contributed by atoms with Crippen LogP contribution in [0, 0.1) is 5.92 Å². The highest BCUT2D eigenvalue weighted by Crippen LogP contribution is 2.30. The number of likely N-dealkylation sites (tertiary alicyclic amines) is 2. The maximum Gasteiger partial charge on any atom is 0.228 e. The number of aliphatic hydroxyl groups is 1. The molecule has 2 atom stereocenters. The summed E-state index contributed by atoms with van der Waals surface area (Å²) in [6, 6.07) is 3.45. The number of rotatable bonds is 4. The molecule has 0 radical (unpaired) electrons. The molecule has 0 bridgehead atoms. The van der Waals surface area contributed by atoms with Gasteiger partial charge in [0.2, 0.25) is 11.8 Å². The molecule has 126 valence electrons. The van der Waals surface area contributed by atoms with Crippen LogP contribution in [0.25, 0.3) is 0 Å². The van der Waals surface area contributed by atoms with Gasteiger partial charge in [-0.3, -0.25) is 9.59 Å². The summed E-state index contributed by atoms with van der Waals surface area (Å²) in [6.07, 6.45) is 3.54. The standard InChI is InChI=1S/C17H24N2O4/c1-17(2,22)14-6-3-7-19(14)16(21)12-9-15(20)18(10-12)11-13-5-4-8-23-13/h4-5,8,12,14,22H,3,6-7,9-11H2,1-2H3. The van der Waals surface area contributed by atoms with Gasteiger partial charge in [-0.25, -0.2) is 0 Å². The van der Waals surface area contributed by atoms with E-state index in [1.165, 1.54) is 0 Å². The summed E-state index contributed by atoms with van der Waals surface area (Å²) >= 11 is 0. The summed E-state index contributed by atoms with van der Waals surface area (Å²) in [5.41, 5.74) is -0.914. The smallest absolute Gasteiger partial charge is 0.228 e. The average Bonchev–Trinajstić information content (AvgIpc) is 3.19. The van der Waals surface area contributed by atoms with Gasteiger partial charge in [-0.15, -0.1) is 0 Å². The lowest BCUT2D eigenvalue weighted by molar-refractivity contribution is -0.141. The minimum atomic E-state index is -0.914. The lowest BCUT2D eigenvalue weighted by Crippen LogP contribution is -2.50. The van der Waals surface area contributed by atoms with Crippen LogP contribution in [0.4, 0.5) is 0 Å². The molecule has 1 aromatic heterocycles. The molecule has 2 saturated heterocycles. The Bertz CT molecular complexity index is 576. The molecule has 2 amide bonds. The zero-order chi connectivity index (χ0) is 16.6. The number of carbonyl (C=O) groups excluding carboxylic acids is 2. The number of amides is 2. The quantitative estimate of drug-likeness (QED) is 0.910. The van der Waals surface area contributed by atoms with Crippen molar-refractivity contribution in [2.24, 2.45) is 5.92 Å². The Labute approximate surface area is 136 Å². The van der Waals surface area contributed by atoms with Gasteiger partial charge >= 0.3 is 0 Å². The maximum atomic E-state index is 12.8. The van der Waals surface area contributed by atoms with Crippen molar-refractivity contribution in [1.29, 1.82) is 0 Å². The van der Waals surface area contributed by atoms with E-state index in [-0.39, 0.29) is 30.2 Å². The van der Waals surface area contributed by atoms with E-state index in [4.69, 9.17) is 4.42 Å². The Hall–Kier alpha value is -1.82. The molecule has 2 aliphatic heterocycles. The molecule has 3 heterocycles. The van der Waals surface area contributed by atoms with Crippen LogP contribution in [0.15, 0.2) is 22.8 Å². The number of furan rings is 1. The van der Waals surface area contributed by atoms with Crippen molar-refractivity contribution in [2.75, 3.05) is 13.1 Å². The highest BCUT2D eigenvalue weighted by Gasteiger charge is 2.43. The van der Waals surface area contributed by atoms with E-state index >= 15 is 0 Å². The molecule has 0 saturated carbocycles. The molecule has 2 fully saturated rings. The third-order valence-corrected chi connectivity index (χ3v) is 4.84. The lowest BCUT2D eigenvalue weighted by atomic mass is 9.95. The van der Waals surface area contributed by atoms with Crippen LogP contribution in [0.5, 0.6) is 0 Å². The molecule has 23 heavy (non-hydrogen) atoms. The first-order valence-electron chi connectivity index (χ1n) is 8.19. The van der Waals surface area contributed by atoms with Gasteiger partial charge in [0.05, 0.1) is 30.4 Å². The zero-order valence-corrected chi connectivity index (χ0v) is 13.7. The minimum absolute atomic E-state index is 0.00933. The predicted octanol–water partition coefficient (Wildman–Crippen LogP) is 1.39. The molecule has 6 nitrogen and oxygen atoms in total. The van der Waals surface area contributed by atoms with Crippen molar-refractivity contribution in [3.8, 4) is 0 Å². The van der Waals surface area contributed by atoms with E-state index in [2.05, 4.69) is 0 Å². The van der Waals surface area contributed by atoms with Crippen LogP contribution in [0.2, 0.25) is 0 Å². The molecule has 0 spiro atoms. The van der Waals surface area contributed by atoms with Crippen molar-refractivity contribution in [3.05, 3.63) is 24.2 Å². The van der Waals surface area contributed by atoms with Crippen LogP contribution in [-0.2, 0) is 16.1 Å². The van der Waals surface area contributed by atoms with Crippen LogP contribution in [0.3, 0.4) is 0 Å². The Kier molecular flexibility index (Phi) is 4.19. The van der Waals surface area contributed by atoms with E-state index in [0.29, 0.717) is 19.6 Å². The number of hydrogen-bond acceptors (Lipinski definition) is 4. The fourth-order valence-electron chi connectivity index (χ4n) is 3.68. The fraction of sp³-hybridized carbons (Fsp3) is 0.647. The largest absolute Gasteiger partial charge is 0.467 e. The van der Waals surface area contributed by atoms with Crippen LogP contribution in [-0.4, -0.2) is 51.5 Å². The van der Waals surface area contributed by atoms with Crippen molar-refractivity contribution in [2.45, 2.75) is 51.3 Å². The molecular formula is C17H24N2O4. The van der Waals surface area contributed by atoms with Gasteiger partial charge in [-0.2, -0.15) is 0 Å². The molecular weight excluding hydrogens is 296 g/mol. The first-order chi connectivity index (χ1) is 10.9. The Morgan fingerprint density at radius 2 is 2.26 bits per heavy atom. The fourth-order valence-corrected chi connectivity index (χ4v) is 3.68. The highest BCUT2D eigenvalue weighted by molar-refractivity contribution is 5.89. The van der Waals surface area contributed by atoms with Crippen LogP contribution in [0.1, 0.15) is 38.9 Å². The van der Waals surface area contributed by atoms with Gasteiger partial charge in [-0.05, 0) is 38.8 Å². The van der Waals surface area contributed by atoms with Crippen molar-refractivity contribution < 1.29 is 19.1 Å². The van der Waals surface area contributed by atoms with Gasteiger partial charge in [-0.1, -0.05) is 0 Å². The second-order valence-corrected chi connectivity index (χ2v) is 7.10. The SMILES string of the molecule is CC(C)(O)C1CCCN1C(=O)C1CC(=O)N(Cc2ccco2)C1. The van der Waals surface area contributed by atoms with E-state index in [9.17, 15) is 14.7 Å². The molecule has 1 aromatic rings. The molecule has 1 N–H and O–H groups in total. The zero-order valence-electron chi connectivity index (χ0n) is 13.7. The summed E-state index contributed by atoms with van der Waals surface area (Å²) in [5, 5.41) is 10.3. The van der Waals surface area contributed by atoms with Gasteiger partial charge in [0.1, 0.15) is 5.76 Å². The summed E-state index contributed by atoms with van der Waals surface area (Å²) in [7, 11) is 0. The highest BCUT2D eigenvalue weighted by atomic mass is 16.3. The summed E-state index contributed by atoms with van der Waals surface area (Å²) in [6.45, 7) is 4.98. The van der Waals surface area contributed by atoms with E-state index in [1.54, 1.807) is 36.0 Å². The second kappa shape index (κ2) is 6.00. The predicted molar refractivity (Wildman–Crippen MR) is 83.3 cm³/mol. The first-order valence-corrected chi connectivity index (χ1v) is 8.19. The number of nitrogens with zero attached hydrogens (tertiary/aromatic N) is 2. The third-order valence-electron chi connectivity index (χ3n) is 4.84. The molecule has 0 aromatic carbocycles. The Morgan fingerprint density at radius 3 is 2.91 bits per heavy atom. The van der Waals surface area contributed by atoms with Crippen LogP contribution >= 0.6 is 0 Å². The summed E-state index contributed by atoms with van der Waals surface area (Å²) in [4.78, 5) is 28.4. The van der Waals surface area contributed by atoms with Gasteiger partial charge in [0.15, 0.2) is 0 Å². The topological polar surface area (TPSA) is 74.0 Å². The lowest BCUT2D eigenvalue weighted by Gasteiger charge is -2.35. The molecule has 6 heteroatoms.